The highest BCUT2D eigenvalue weighted by molar-refractivity contribution is 5.73. The molecule has 1 aliphatic carbocycles. The van der Waals surface area contributed by atoms with Crippen LogP contribution in [-0.2, 0) is 12.8 Å². The zero-order valence-corrected chi connectivity index (χ0v) is 25.5. The molecule has 1 fully saturated rings. The Morgan fingerprint density at radius 2 is 1.25 bits per heavy atom. The van der Waals surface area contributed by atoms with Crippen LogP contribution in [0.3, 0.4) is 0 Å². The molecule has 0 spiro atoms. The summed E-state index contributed by atoms with van der Waals surface area (Å²) in [7, 11) is 0. The van der Waals surface area contributed by atoms with E-state index in [-0.39, 0.29) is 17.0 Å². The minimum absolute atomic E-state index is 0.180. The Morgan fingerprint density at radius 3 is 1.77 bits per heavy atom. The van der Waals surface area contributed by atoms with Crippen LogP contribution in [0, 0.1) is 23.0 Å². The smallest absolute Gasteiger partial charge is 0.131 e. The van der Waals surface area contributed by atoms with Crippen LogP contribution in [0.4, 0.5) is 8.78 Å². The second-order valence-corrected chi connectivity index (χ2v) is 12.1. The SMILES string of the molecule is CCc1cc(-c2ccc(-c3ccc(C4CCC(C)CC4)cc3F)cc2F)cc(CC)c1OCC(CC)(CC)CC. The van der Waals surface area contributed by atoms with E-state index in [1.165, 1.54) is 18.9 Å². The molecule has 0 bridgehead atoms. The first-order valence-corrected chi connectivity index (χ1v) is 15.7. The predicted octanol–water partition coefficient (Wildman–Crippen LogP) is 11.3. The van der Waals surface area contributed by atoms with Gasteiger partial charge in [-0.3, -0.25) is 0 Å². The van der Waals surface area contributed by atoms with Crippen molar-refractivity contribution in [3.8, 4) is 28.0 Å². The molecule has 4 rings (SSSR count). The molecule has 1 nitrogen and oxygen atoms in total. The Labute approximate surface area is 241 Å². The van der Waals surface area contributed by atoms with Crippen LogP contribution in [0.1, 0.15) is 109 Å². The summed E-state index contributed by atoms with van der Waals surface area (Å²) in [6.07, 6.45) is 9.50. The lowest BCUT2D eigenvalue weighted by atomic mass is 9.79. The van der Waals surface area contributed by atoms with Gasteiger partial charge in [0.2, 0.25) is 0 Å². The standard InChI is InChI=1S/C37H48F2O/c1-7-26-20-31(21-27(8-2)36(26)40-24-37(9-3,10-4)11-5)33-19-17-30(23-35(33)39)32-18-16-29(22-34(32)38)28-14-12-25(6)13-15-28/h16-23,25,28H,7-15,24H2,1-6H3. The summed E-state index contributed by atoms with van der Waals surface area (Å²) in [6.45, 7) is 14.0. The molecule has 0 amide bonds. The van der Waals surface area contributed by atoms with Crippen LogP contribution in [0.25, 0.3) is 22.3 Å². The van der Waals surface area contributed by atoms with Crippen LogP contribution in [0.15, 0.2) is 48.5 Å². The third-order valence-corrected chi connectivity index (χ3v) is 9.85. The maximum atomic E-state index is 15.6. The summed E-state index contributed by atoms with van der Waals surface area (Å²) in [5, 5.41) is 0. The predicted molar refractivity (Wildman–Crippen MR) is 165 cm³/mol. The van der Waals surface area contributed by atoms with Crippen LogP contribution in [0.2, 0.25) is 0 Å². The molecule has 3 aromatic rings. The van der Waals surface area contributed by atoms with Gasteiger partial charge in [0.15, 0.2) is 0 Å². The minimum atomic E-state index is -0.331. The van der Waals surface area contributed by atoms with Crippen molar-refractivity contribution in [3.63, 3.8) is 0 Å². The normalized spacial score (nSPS) is 17.7. The fourth-order valence-corrected chi connectivity index (χ4v) is 6.43. The van der Waals surface area contributed by atoms with Crippen molar-refractivity contribution < 1.29 is 13.5 Å². The van der Waals surface area contributed by atoms with Gasteiger partial charge >= 0.3 is 0 Å². The molecule has 1 saturated carbocycles. The maximum absolute atomic E-state index is 15.6. The first-order valence-electron chi connectivity index (χ1n) is 15.7. The summed E-state index contributed by atoms with van der Waals surface area (Å²) in [6, 6.07) is 14.8. The Hall–Kier alpha value is -2.68. The van der Waals surface area contributed by atoms with Gasteiger partial charge in [0.05, 0.1) is 6.61 Å². The summed E-state index contributed by atoms with van der Waals surface area (Å²) in [5.41, 5.74) is 5.88. The Balaban J connectivity index is 1.61. The van der Waals surface area contributed by atoms with E-state index in [9.17, 15) is 0 Å². The molecule has 0 saturated heterocycles. The fourth-order valence-electron chi connectivity index (χ4n) is 6.43. The van der Waals surface area contributed by atoms with E-state index >= 15 is 8.78 Å². The Morgan fingerprint density at radius 1 is 0.700 bits per heavy atom. The second-order valence-electron chi connectivity index (χ2n) is 12.1. The minimum Gasteiger partial charge on any atom is -0.492 e. The van der Waals surface area contributed by atoms with E-state index in [4.69, 9.17) is 4.74 Å². The van der Waals surface area contributed by atoms with Crippen molar-refractivity contribution >= 4 is 0 Å². The van der Waals surface area contributed by atoms with Crippen molar-refractivity contribution in [3.05, 3.63) is 76.9 Å². The third kappa shape index (κ3) is 6.45. The molecule has 0 aromatic heterocycles. The van der Waals surface area contributed by atoms with Gasteiger partial charge in [-0.1, -0.05) is 78.6 Å². The molecule has 40 heavy (non-hydrogen) atoms. The van der Waals surface area contributed by atoms with Crippen molar-refractivity contribution in [1.29, 1.82) is 0 Å². The highest BCUT2D eigenvalue weighted by Gasteiger charge is 2.26. The average Bonchev–Trinajstić information content (AvgIpc) is 2.98. The first kappa shape index (κ1) is 30.3. The van der Waals surface area contributed by atoms with E-state index in [2.05, 4.69) is 53.7 Å². The molecule has 0 aliphatic heterocycles. The number of hydrogen-bond donors (Lipinski definition) is 0. The van der Waals surface area contributed by atoms with Gasteiger partial charge in [-0.25, -0.2) is 8.78 Å². The van der Waals surface area contributed by atoms with E-state index in [1.54, 1.807) is 12.1 Å². The lowest BCUT2D eigenvalue weighted by Gasteiger charge is -2.31. The van der Waals surface area contributed by atoms with E-state index in [1.807, 2.05) is 18.2 Å². The van der Waals surface area contributed by atoms with Crippen LogP contribution >= 0.6 is 0 Å². The average molecular weight is 547 g/mol. The molecule has 216 valence electrons. The number of halogens is 2. The van der Waals surface area contributed by atoms with Gasteiger partial charge in [0, 0.05) is 16.5 Å². The summed E-state index contributed by atoms with van der Waals surface area (Å²) in [5.74, 6) is 1.54. The van der Waals surface area contributed by atoms with Crippen molar-refractivity contribution in [2.75, 3.05) is 6.61 Å². The molecule has 0 atom stereocenters. The maximum Gasteiger partial charge on any atom is 0.131 e. The highest BCUT2D eigenvalue weighted by atomic mass is 19.1. The highest BCUT2D eigenvalue weighted by Crippen LogP contribution is 2.39. The lowest BCUT2D eigenvalue weighted by molar-refractivity contribution is 0.126. The number of aryl methyl sites for hydroxylation is 2. The lowest BCUT2D eigenvalue weighted by Crippen LogP contribution is -2.27. The quantitative estimate of drug-likeness (QED) is 0.232. The van der Waals surface area contributed by atoms with Crippen molar-refractivity contribution in [1.82, 2.24) is 0 Å². The van der Waals surface area contributed by atoms with Gasteiger partial charge in [-0.2, -0.15) is 0 Å². The van der Waals surface area contributed by atoms with Gasteiger partial charge in [-0.05, 0) is 109 Å². The molecule has 0 N–H and O–H groups in total. The zero-order valence-electron chi connectivity index (χ0n) is 25.5. The van der Waals surface area contributed by atoms with Crippen molar-refractivity contribution in [2.24, 2.45) is 11.3 Å². The molecule has 1 aliphatic rings. The topological polar surface area (TPSA) is 9.23 Å². The van der Waals surface area contributed by atoms with Gasteiger partial charge in [0.1, 0.15) is 17.4 Å². The first-order chi connectivity index (χ1) is 19.3. The van der Waals surface area contributed by atoms with Crippen LogP contribution < -0.4 is 4.74 Å². The van der Waals surface area contributed by atoms with E-state index < -0.39 is 0 Å². The number of rotatable bonds is 11. The second kappa shape index (κ2) is 13.3. The van der Waals surface area contributed by atoms with Crippen LogP contribution in [0.5, 0.6) is 5.75 Å². The number of benzene rings is 3. The number of ether oxygens (including phenoxy) is 1. The molecular formula is C37H48F2O. The largest absolute Gasteiger partial charge is 0.492 e. The van der Waals surface area contributed by atoms with Crippen molar-refractivity contribution in [2.45, 2.75) is 105 Å². The van der Waals surface area contributed by atoms with Gasteiger partial charge in [-0.15, -0.1) is 0 Å². The van der Waals surface area contributed by atoms with Gasteiger partial charge in [0.25, 0.3) is 0 Å². The molecule has 0 unspecified atom stereocenters. The molecule has 3 heteroatoms. The summed E-state index contributed by atoms with van der Waals surface area (Å²) < 4.78 is 37.4. The third-order valence-electron chi connectivity index (χ3n) is 9.85. The molecule has 3 aromatic carbocycles. The summed E-state index contributed by atoms with van der Waals surface area (Å²) in [4.78, 5) is 0. The monoisotopic (exact) mass is 546 g/mol. The van der Waals surface area contributed by atoms with E-state index in [0.29, 0.717) is 29.2 Å². The Bertz CT molecular complexity index is 1250. The van der Waals surface area contributed by atoms with Crippen LogP contribution in [-0.4, -0.2) is 6.61 Å². The number of hydrogen-bond acceptors (Lipinski definition) is 1. The molecular weight excluding hydrogens is 498 g/mol. The zero-order chi connectivity index (χ0) is 28.9. The molecule has 0 radical (unpaired) electrons. The van der Waals surface area contributed by atoms with E-state index in [0.717, 1.165) is 78.9 Å². The van der Waals surface area contributed by atoms with Gasteiger partial charge < -0.3 is 4.74 Å². The fraction of sp³-hybridized carbons (Fsp3) is 0.514. The Kier molecular flexibility index (Phi) is 10.1. The summed E-state index contributed by atoms with van der Waals surface area (Å²) >= 11 is 0. The molecule has 0 heterocycles.